The molecule has 0 aliphatic carbocycles. The highest BCUT2D eigenvalue weighted by atomic mass is 79.9. The molecule has 1 aromatic rings. The second kappa shape index (κ2) is 23.0. The molecule has 0 aliphatic rings. The number of halogens is 1. The van der Waals surface area contributed by atoms with E-state index in [1.807, 2.05) is 0 Å². The van der Waals surface area contributed by atoms with E-state index >= 15 is 0 Å². The van der Waals surface area contributed by atoms with Crippen LogP contribution >= 0.6 is 15.9 Å². The van der Waals surface area contributed by atoms with E-state index in [2.05, 4.69) is 31.9 Å². The Labute approximate surface area is 293 Å². The van der Waals surface area contributed by atoms with Crippen molar-refractivity contribution in [1.29, 1.82) is 0 Å². The van der Waals surface area contributed by atoms with Gasteiger partial charge in [0, 0.05) is 38.0 Å². The third-order valence-electron chi connectivity index (χ3n) is 6.44. The summed E-state index contributed by atoms with van der Waals surface area (Å²) in [5.74, 6) is -3.38. The molecule has 3 unspecified atom stereocenters. The van der Waals surface area contributed by atoms with Crippen molar-refractivity contribution in [3.8, 4) is 0 Å². The predicted octanol–water partition coefficient (Wildman–Crippen LogP) is 3.53. The number of esters is 4. The average molecular weight is 761 g/mol. The van der Waals surface area contributed by atoms with E-state index < -0.39 is 60.9 Å². The lowest BCUT2D eigenvalue weighted by Crippen LogP contribution is -2.41. The molecule has 0 aromatic heterocycles. The molecule has 274 valence electrons. The molecule has 0 saturated heterocycles. The maximum atomic E-state index is 12.5. The quantitative estimate of drug-likeness (QED) is 0.0710. The van der Waals surface area contributed by atoms with Gasteiger partial charge in [0.25, 0.3) is 0 Å². The first kappa shape index (κ1) is 42.6. The van der Waals surface area contributed by atoms with Crippen LogP contribution < -0.4 is 16.0 Å². The number of hydrogen-bond acceptors (Lipinski definition) is 13. The molecule has 0 aliphatic heterocycles. The van der Waals surface area contributed by atoms with Crippen molar-refractivity contribution in [2.45, 2.75) is 79.1 Å². The van der Waals surface area contributed by atoms with E-state index in [1.54, 1.807) is 24.3 Å². The molecule has 0 fully saturated rings. The maximum absolute atomic E-state index is 12.5. The van der Waals surface area contributed by atoms with Crippen LogP contribution in [0.1, 0.15) is 65.9 Å². The van der Waals surface area contributed by atoms with Crippen molar-refractivity contribution in [1.82, 2.24) is 10.6 Å². The fraction of sp³-hybridized carbons (Fsp3) is 0.594. The van der Waals surface area contributed by atoms with Crippen molar-refractivity contribution >= 4 is 63.6 Å². The second-order valence-corrected chi connectivity index (χ2v) is 11.9. The number of urea groups is 1. The van der Waals surface area contributed by atoms with Crippen molar-refractivity contribution in [2.75, 3.05) is 43.6 Å². The van der Waals surface area contributed by atoms with Crippen LogP contribution in [0.3, 0.4) is 0 Å². The lowest BCUT2D eigenvalue weighted by Gasteiger charge is -2.26. The van der Waals surface area contributed by atoms with Gasteiger partial charge in [-0.25, -0.2) is 19.2 Å². The van der Waals surface area contributed by atoms with Gasteiger partial charge in [-0.3, -0.25) is 14.4 Å². The smallest absolute Gasteiger partial charge is 0.465 e. The molecule has 1 rings (SSSR count). The summed E-state index contributed by atoms with van der Waals surface area (Å²) < 4.78 is 30.1. The maximum Gasteiger partial charge on any atom is 0.509 e. The molecule has 49 heavy (non-hydrogen) atoms. The summed E-state index contributed by atoms with van der Waals surface area (Å²) in [6.07, 6.45) is -1.77. The molecule has 3 N–H and O–H groups in total. The van der Waals surface area contributed by atoms with E-state index in [-0.39, 0.29) is 25.2 Å². The van der Waals surface area contributed by atoms with Gasteiger partial charge in [0.1, 0.15) is 18.6 Å². The number of carbonyl (C=O) groups excluding carboxylic acids is 7. The van der Waals surface area contributed by atoms with Gasteiger partial charge in [-0.05, 0) is 64.2 Å². The number of alkyl halides is 1. The van der Waals surface area contributed by atoms with E-state index in [0.717, 1.165) is 12.5 Å². The van der Waals surface area contributed by atoms with Gasteiger partial charge in [-0.1, -0.05) is 28.1 Å². The van der Waals surface area contributed by atoms with Gasteiger partial charge in [0.15, 0.2) is 12.2 Å². The van der Waals surface area contributed by atoms with Gasteiger partial charge >= 0.3 is 36.1 Å². The lowest BCUT2D eigenvalue weighted by molar-refractivity contribution is -0.172. The Kier molecular flexibility index (Phi) is 20.0. The van der Waals surface area contributed by atoms with Crippen LogP contribution in [0.15, 0.2) is 24.3 Å². The van der Waals surface area contributed by atoms with Crippen molar-refractivity contribution in [2.24, 2.45) is 5.41 Å². The third-order valence-corrected chi connectivity index (χ3v) is 7.00. The zero-order valence-electron chi connectivity index (χ0n) is 28.4. The van der Waals surface area contributed by atoms with E-state index in [9.17, 15) is 33.6 Å². The lowest BCUT2D eigenvalue weighted by atomic mass is 9.93. The first-order chi connectivity index (χ1) is 23.2. The van der Waals surface area contributed by atoms with Crippen molar-refractivity contribution in [3.63, 3.8) is 0 Å². The summed E-state index contributed by atoms with van der Waals surface area (Å²) >= 11 is 3.22. The molecule has 0 spiro atoms. The summed E-state index contributed by atoms with van der Waals surface area (Å²) in [5, 5.41) is 8.73. The topological polar surface area (TPSA) is 211 Å². The number of amides is 3. The summed E-state index contributed by atoms with van der Waals surface area (Å²) in [7, 11) is 0. The van der Waals surface area contributed by atoms with Crippen LogP contribution in [-0.4, -0.2) is 92.5 Å². The van der Waals surface area contributed by atoms with Gasteiger partial charge in [-0.2, -0.15) is 0 Å². The summed E-state index contributed by atoms with van der Waals surface area (Å²) in [6, 6.07) is 6.68. The molecule has 0 bridgehead atoms. The highest BCUT2D eigenvalue weighted by Crippen LogP contribution is 2.21. The van der Waals surface area contributed by atoms with Crippen LogP contribution in [-0.2, 0) is 58.9 Å². The minimum Gasteiger partial charge on any atom is -0.465 e. The van der Waals surface area contributed by atoms with Gasteiger partial charge in [0.05, 0.1) is 13.2 Å². The SMILES string of the molecule is CC(=O)NCc1ccc(NC(=O)NCCCCCOC(=O)C(C)OC(=O)C(C)OC(=O)OCC(C)(COC(C)=O)C(=O)OCCCBr)cc1. The fourth-order valence-corrected chi connectivity index (χ4v) is 3.81. The Morgan fingerprint density at radius 1 is 0.755 bits per heavy atom. The van der Waals surface area contributed by atoms with Crippen LogP contribution in [0.5, 0.6) is 0 Å². The molecule has 0 heterocycles. The van der Waals surface area contributed by atoms with Gasteiger partial charge in [-0.15, -0.1) is 0 Å². The highest BCUT2D eigenvalue weighted by Gasteiger charge is 2.39. The van der Waals surface area contributed by atoms with Crippen LogP contribution in [0.4, 0.5) is 15.3 Å². The first-order valence-corrected chi connectivity index (χ1v) is 16.7. The number of hydrogen-bond donors (Lipinski definition) is 3. The van der Waals surface area contributed by atoms with Crippen molar-refractivity contribution in [3.05, 3.63) is 29.8 Å². The number of anilines is 1. The molecule has 1 aromatic carbocycles. The summed E-state index contributed by atoms with van der Waals surface area (Å²) in [4.78, 5) is 83.7. The van der Waals surface area contributed by atoms with Gasteiger partial charge < -0.3 is 44.4 Å². The number of nitrogens with one attached hydrogen (secondary N) is 3. The fourth-order valence-electron chi connectivity index (χ4n) is 3.58. The van der Waals surface area contributed by atoms with E-state index in [0.29, 0.717) is 49.8 Å². The zero-order chi connectivity index (χ0) is 36.8. The van der Waals surface area contributed by atoms with E-state index in [1.165, 1.54) is 27.7 Å². The average Bonchev–Trinajstić information content (AvgIpc) is 3.05. The Hall–Kier alpha value is -4.41. The monoisotopic (exact) mass is 759 g/mol. The van der Waals surface area contributed by atoms with Crippen LogP contribution in [0.25, 0.3) is 0 Å². The number of ether oxygens (including phenoxy) is 6. The standard InChI is InChI=1S/C32H46BrN3O13/c1-21(27(39)44-16-8-6-7-15-34-30(42)36-26-12-10-25(11-13-26)18-35-23(3)37)48-28(40)22(2)49-31(43)47-20-32(5,19-46-24(4)38)29(41)45-17-9-14-33/h10-13,21-22H,6-9,14-20H2,1-5H3,(H,35,37)(H2,34,36,42). The molecular weight excluding hydrogens is 714 g/mol. The molecular formula is C32H46BrN3O13. The Balaban J connectivity index is 2.32. The molecule has 3 amide bonds. The Morgan fingerprint density at radius 2 is 1.39 bits per heavy atom. The molecule has 17 heteroatoms. The predicted molar refractivity (Wildman–Crippen MR) is 177 cm³/mol. The Morgan fingerprint density at radius 3 is 2.02 bits per heavy atom. The Bertz CT molecular complexity index is 1260. The first-order valence-electron chi connectivity index (χ1n) is 15.6. The number of benzene rings is 1. The summed E-state index contributed by atoms with van der Waals surface area (Å²) in [6.45, 7) is 6.41. The number of rotatable bonds is 21. The number of carbonyl (C=O) groups is 7. The molecule has 0 saturated carbocycles. The van der Waals surface area contributed by atoms with E-state index in [4.69, 9.17) is 28.4 Å². The van der Waals surface area contributed by atoms with Crippen LogP contribution in [0.2, 0.25) is 0 Å². The largest absolute Gasteiger partial charge is 0.509 e. The van der Waals surface area contributed by atoms with Gasteiger partial charge in [0.2, 0.25) is 5.91 Å². The third kappa shape index (κ3) is 18.6. The minimum atomic E-state index is -1.53. The van der Waals surface area contributed by atoms with Crippen molar-refractivity contribution < 1.29 is 62.0 Å². The highest BCUT2D eigenvalue weighted by molar-refractivity contribution is 9.09. The zero-order valence-corrected chi connectivity index (χ0v) is 30.0. The number of unbranched alkanes of at least 4 members (excludes halogenated alkanes) is 2. The summed E-state index contributed by atoms with van der Waals surface area (Å²) in [5.41, 5.74) is -0.0360. The minimum absolute atomic E-state index is 0.0563. The normalized spacial score (nSPS) is 12.9. The molecule has 3 atom stereocenters. The molecule has 16 nitrogen and oxygen atoms in total. The van der Waals surface area contributed by atoms with Crippen LogP contribution in [0, 0.1) is 5.41 Å². The molecule has 0 radical (unpaired) electrons. The second-order valence-electron chi connectivity index (χ2n) is 11.1.